The van der Waals surface area contributed by atoms with Crippen molar-refractivity contribution in [1.29, 1.82) is 0 Å². The van der Waals surface area contributed by atoms with Crippen molar-refractivity contribution in [3.63, 3.8) is 0 Å². The van der Waals surface area contributed by atoms with Crippen molar-refractivity contribution in [3.8, 4) is 0 Å². The average molecular weight is 225 g/mol. The number of imidazole rings is 1. The van der Waals surface area contributed by atoms with Crippen LogP contribution in [0.15, 0.2) is 12.4 Å². The molecule has 1 aromatic rings. The zero-order valence-electron chi connectivity index (χ0n) is 9.45. The van der Waals surface area contributed by atoms with Crippen LogP contribution in [0.5, 0.6) is 0 Å². The first kappa shape index (κ1) is 11.6. The molecule has 2 heterocycles. The highest BCUT2D eigenvalue weighted by Crippen LogP contribution is 2.07. The smallest absolute Gasteiger partial charge is 0.120 e. The fraction of sp³-hybridized carbons (Fsp3) is 0.727. The van der Waals surface area contributed by atoms with E-state index in [1.807, 2.05) is 6.20 Å². The van der Waals surface area contributed by atoms with E-state index in [9.17, 15) is 0 Å². The van der Waals surface area contributed by atoms with Crippen molar-refractivity contribution in [2.24, 2.45) is 0 Å². The first-order valence-electron chi connectivity index (χ1n) is 5.83. The fourth-order valence-electron chi connectivity index (χ4n) is 1.69. The zero-order chi connectivity index (χ0) is 11.1. The molecule has 90 valence electrons. The highest BCUT2D eigenvalue weighted by Gasteiger charge is 2.14. The number of H-pyrrole nitrogens is 1. The second-order valence-electron chi connectivity index (χ2n) is 3.92. The molecule has 0 aromatic carbocycles. The molecule has 0 radical (unpaired) electrons. The van der Waals surface area contributed by atoms with Gasteiger partial charge >= 0.3 is 0 Å². The molecule has 1 unspecified atom stereocenters. The van der Waals surface area contributed by atoms with E-state index in [0.29, 0.717) is 6.10 Å². The maximum Gasteiger partial charge on any atom is 0.120 e. The minimum atomic E-state index is 0.324. The van der Waals surface area contributed by atoms with Gasteiger partial charge in [-0.2, -0.15) is 0 Å². The number of hydrogen-bond acceptors (Lipinski definition) is 4. The first-order chi connectivity index (χ1) is 7.95. The van der Waals surface area contributed by atoms with E-state index in [4.69, 9.17) is 9.47 Å². The van der Waals surface area contributed by atoms with Gasteiger partial charge in [0.1, 0.15) is 5.82 Å². The summed E-state index contributed by atoms with van der Waals surface area (Å²) in [6.45, 7) is 4.16. The van der Waals surface area contributed by atoms with Crippen molar-refractivity contribution < 1.29 is 9.47 Å². The minimum absolute atomic E-state index is 0.324. The predicted octanol–water partition coefficient (Wildman–Crippen LogP) is 0.695. The van der Waals surface area contributed by atoms with Gasteiger partial charge in [-0.25, -0.2) is 4.98 Å². The lowest BCUT2D eigenvalue weighted by Gasteiger charge is -2.09. The molecule has 16 heavy (non-hydrogen) atoms. The van der Waals surface area contributed by atoms with Crippen molar-refractivity contribution in [3.05, 3.63) is 18.2 Å². The largest absolute Gasteiger partial charge is 0.379 e. The monoisotopic (exact) mass is 225 g/mol. The Morgan fingerprint density at radius 3 is 3.38 bits per heavy atom. The molecule has 0 spiro atoms. The molecule has 0 bridgehead atoms. The number of rotatable bonds is 7. The number of aromatic nitrogens is 2. The van der Waals surface area contributed by atoms with E-state index in [1.54, 1.807) is 6.20 Å². The Morgan fingerprint density at radius 1 is 1.62 bits per heavy atom. The van der Waals surface area contributed by atoms with Crippen molar-refractivity contribution in [2.45, 2.75) is 25.5 Å². The van der Waals surface area contributed by atoms with Crippen LogP contribution in [0.2, 0.25) is 0 Å². The molecule has 5 nitrogen and oxygen atoms in total. The van der Waals surface area contributed by atoms with Crippen LogP contribution in [0.3, 0.4) is 0 Å². The fourth-order valence-corrected chi connectivity index (χ4v) is 1.69. The van der Waals surface area contributed by atoms with Crippen LogP contribution in [-0.4, -0.2) is 42.4 Å². The molecule has 0 amide bonds. The Morgan fingerprint density at radius 2 is 2.62 bits per heavy atom. The molecule has 1 saturated heterocycles. The van der Waals surface area contributed by atoms with Gasteiger partial charge in [0.15, 0.2) is 0 Å². The first-order valence-corrected chi connectivity index (χ1v) is 5.83. The zero-order valence-corrected chi connectivity index (χ0v) is 9.45. The highest BCUT2D eigenvalue weighted by atomic mass is 16.5. The Balaban J connectivity index is 1.43. The van der Waals surface area contributed by atoms with E-state index >= 15 is 0 Å². The van der Waals surface area contributed by atoms with Crippen molar-refractivity contribution >= 4 is 0 Å². The Labute approximate surface area is 95.6 Å². The third-order valence-electron chi connectivity index (χ3n) is 2.59. The molecule has 2 rings (SSSR count). The van der Waals surface area contributed by atoms with Crippen LogP contribution >= 0.6 is 0 Å². The van der Waals surface area contributed by atoms with Gasteiger partial charge in [0, 0.05) is 25.6 Å². The summed E-state index contributed by atoms with van der Waals surface area (Å²) < 4.78 is 10.9. The summed E-state index contributed by atoms with van der Waals surface area (Å²) >= 11 is 0. The lowest BCUT2D eigenvalue weighted by atomic mass is 10.3. The van der Waals surface area contributed by atoms with Gasteiger partial charge in [0.25, 0.3) is 0 Å². The van der Waals surface area contributed by atoms with E-state index in [-0.39, 0.29) is 0 Å². The number of ether oxygens (including phenoxy) is 2. The molecule has 0 saturated carbocycles. The standard InChI is InChI=1S/C11H19N3O2/c1(6-16-10-2-7-15-9-10)3-12-8-11-13-4-5-14-11/h4-5,10,12H,1-3,6-9H2,(H,13,14). The van der Waals surface area contributed by atoms with Gasteiger partial charge in [-0.1, -0.05) is 0 Å². The maximum absolute atomic E-state index is 5.65. The van der Waals surface area contributed by atoms with Crippen molar-refractivity contribution in [1.82, 2.24) is 15.3 Å². The molecule has 1 aromatic heterocycles. The molecule has 1 aliphatic rings. The molecule has 1 fully saturated rings. The Hall–Kier alpha value is -0.910. The predicted molar refractivity (Wildman–Crippen MR) is 60.1 cm³/mol. The summed E-state index contributed by atoms with van der Waals surface area (Å²) in [5.41, 5.74) is 0. The average Bonchev–Trinajstić information content (AvgIpc) is 2.96. The Kier molecular flexibility index (Phi) is 4.79. The summed E-state index contributed by atoms with van der Waals surface area (Å²) in [4.78, 5) is 7.18. The number of nitrogens with one attached hydrogen (secondary N) is 2. The lowest BCUT2D eigenvalue weighted by Crippen LogP contribution is -2.19. The second-order valence-corrected chi connectivity index (χ2v) is 3.92. The van der Waals surface area contributed by atoms with E-state index in [2.05, 4.69) is 15.3 Å². The van der Waals surface area contributed by atoms with Gasteiger partial charge < -0.3 is 19.8 Å². The lowest BCUT2D eigenvalue weighted by molar-refractivity contribution is 0.0415. The van der Waals surface area contributed by atoms with Crippen LogP contribution in [0.25, 0.3) is 0 Å². The van der Waals surface area contributed by atoms with Crippen LogP contribution in [-0.2, 0) is 16.0 Å². The Bertz CT molecular complexity index is 271. The van der Waals surface area contributed by atoms with Crippen molar-refractivity contribution in [2.75, 3.05) is 26.4 Å². The number of nitrogens with zero attached hydrogens (tertiary/aromatic N) is 1. The second kappa shape index (κ2) is 6.62. The maximum atomic E-state index is 5.65. The summed E-state index contributed by atoms with van der Waals surface area (Å²) in [6, 6.07) is 0. The summed E-state index contributed by atoms with van der Waals surface area (Å²) in [6.07, 6.45) is 5.99. The third-order valence-corrected chi connectivity index (χ3v) is 2.59. The molecule has 0 aliphatic carbocycles. The van der Waals surface area contributed by atoms with Crippen LogP contribution in [0.4, 0.5) is 0 Å². The highest BCUT2D eigenvalue weighted by molar-refractivity contribution is 4.85. The van der Waals surface area contributed by atoms with Gasteiger partial charge in [0.2, 0.25) is 0 Å². The molecule has 1 aliphatic heterocycles. The van der Waals surface area contributed by atoms with E-state index in [1.165, 1.54) is 0 Å². The topological polar surface area (TPSA) is 59.2 Å². The van der Waals surface area contributed by atoms with Gasteiger partial charge in [-0.15, -0.1) is 0 Å². The van der Waals surface area contributed by atoms with Gasteiger partial charge in [-0.05, 0) is 19.4 Å². The summed E-state index contributed by atoms with van der Waals surface area (Å²) in [7, 11) is 0. The van der Waals surface area contributed by atoms with E-state index < -0.39 is 0 Å². The van der Waals surface area contributed by atoms with Gasteiger partial charge in [-0.3, -0.25) is 0 Å². The molecule has 1 atom stereocenters. The number of aromatic amines is 1. The molecular formula is C11H19N3O2. The molecule has 5 heteroatoms. The molecule has 2 N–H and O–H groups in total. The van der Waals surface area contributed by atoms with Gasteiger partial charge in [0.05, 0.1) is 19.3 Å². The van der Waals surface area contributed by atoms with Crippen LogP contribution in [0.1, 0.15) is 18.7 Å². The third kappa shape index (κ3) is 3.92. The molecular weight excluding hydrogens is 206 g/mol. The minimum Gasteiger partial charge on any atom is -0.379 e. The number of hydrogen-bond donors (Lipinski definition) is 2. The quantitative estimate of drug-likeness (QED) is 0.670. The summed E-state index contributed by atoms with van der Waals surface area (Å²) in [5, 5.41) is 3.31. The van der Waals surface area contributed by atoms with Crippen LogP contribution < -0.4 is 5.32 Å². The SMILES string of the molecule is c1c[nH]c(CNCCCOC2CCOC2)n1. The van der Waals surface area contributed by atoms with E-state index in [0.717, 1.165) is 51.6 Å². The summed E-state index contributed by atoms with van der Waals surface area (Å²) in [5.74, 6) is 0.977. The van der Waals surface area contributed by atoms with Crippen LogP contribution in [0, 0.1) is 0 Å². The normalized spacial score (nSPS) is 20.4.